The molecule has 2 rings (SSSR count). The number of sulfonamides is 1. The van der Waals surface area contributed by atoms with Crippen LogP contribution in [0.4, 0.5) is 14.5 Å². The normalized spacial score (nSPS) is 17.1. The highest BCUT2D eigenvalue weighted by Gasteiger charge is 2.48. The van der Waals surface area contributed by atoms with Crippen molar-refractivity contribution in [2.45, 2.75) is 39.7 Å². The van der Waals surface area contributed by atoms with E-state index in [2.05, 4.69) is 5.32 Å². The summed E-state index contributed by atoms with van der Waals surface area (Å²) in [6, 6.07) is 6.85. The van der Waals surface area contributed by atoms with Crippen LogP contribution in [0.25, 0.3) is 0 Å². The van der Waals surface area contributed by atoms with Crippen LogP contribution in [-0.2, 0) is 21.4 Å². The molecule has 1 aliphatic heterocycles. The predicted octanol–water partition coefficient (Wildman–Crippen LogP) is 2.84. The Balaban J connectivity index is 2.31. The molecule has 1 N–H and O–H groups in total. The van der Waals surface area contributed by atoms with E-state index in [1.54, 1.807) is 24.3 Å². The molecule has 8 heteroatoms. The third-order valence-corrected chi connectivity index (χ3v) is 6.46. The van der Waals surface area contributed by atoms with Gasteiger partial charge >= 0.3 is 0 Å². The van der Waals surface area contributed by atoms with Gasteiger partial charge in [0.1, 0.15) is 0 Å². The number of nitrogens with zero attached hydrogens (tertiary/aromatic N) is 1. The Morgan fingerprint density at radius 1 is 1.21 bits per heavy atom. The van der Waals surface area contributed by atoms with Crippen LogP contribution in [0.1, 0.15) is 32.8 Å². The maximum atomic E-state index is 14.1. The lowest BCUT2D eigenvalue weighted by Gasteiger charge is -2.34. The first kappa shape index (κ1) is 18.8. The van der Waals surface area contributed by atoms with Crippen molar-refractivity contribution in [2.24, 2.45) is 5.41 Å². The smallest absolute Gasteiger partial charge is 0.253 e. The van der Waals surface area contributed by atoms with Gasteiger partial charge < -0.3 is 5.32 Å². The monoisotopic (exact) mass is 360 g/mol. The molecule has 24 heavy (non-hydrogen) atoms. The van der Waals surface area contributed by atoms with E-state index in [1.807, 2.05) is 0 Å². The molecule has 0 spiro atoms. The second-order valence-corrected chi connectivity index (χ2v) is 8.64. The van der Waals surface area contributed by atoms with E-state index < -0.39 is 39.4 Å². The number of benzene rings is 1. The first-order chi connectivity index (χ1) is 11.0. The van der Waals surface area contributed by atoms with Crippen LogP contribution in [0.15, 0.2) is 24.3 Å². The molecule has 1 amide bonds. The van der Waals surface area contributed by atoms with Crippen molar-refractivity contribution in [3.8, 4) is 0 Å². The van der Waals surface area contributed by atoms with Crippen LogP contribution < -0.4 is 5.32 Å². The Hall–Kier alpha value is -1.54. The van der Waals surface area contributed by atoms with Crippen LogP contribution in [0, 0.1) is 5.41 Å². The summed E-state index contributed by atoms with van der Waals surface area (Å²) >= 11 is 0. The number of para-hydroxylation sites is 1. The van der Waals surface area contributed by atoms with Crippen LogP contribution in [-0.4, -0.2) is 36.9 Å². The summed E-state index contributed by atoms with van der Waals surface area (Å²) < 4.78 is 54.5. The number of rotatable bonds is 5. The van der Waals surface area contributed by atoms with Gasteiger partial charge in [0.2, 0.25) is 15.9 Å². The minimum absolute atomic E-state index is 0.0228. The molecule has 0 saturated heterocycles. The highest BCUT2D eigenvalue weighted by Crippen LogP contribution is 2.40. The highest BCUT2D eigenvalue weighted by molar-refractivity contribution is 7.89. The van der Waals surface area contributed by atoms with Gasteiger partial charge in [0.25, 0.3) is 5.92 Å². The number of nitrogens with one attached hydrogen (secondary N) is 1. The van der Waals surface area contributed by atoms with Crippen LogP contribution in [0.3, 0.4) is 0 Å². The number of carbonyl (C=O) groups excluding carboxylic acids is 1. The lowest BCUT2D eigenvalue weighted by atomic mass is 9.86. The number of alkyl halides is 2. The molecule has 0 aliphatic carbocycles. The second-order valence-electron chi connectivity index (χ2n) is 6.67. The molecule has 0 radical (unpaired) electrons. The number of hydrogen-bond donors (Lipinski definition) is 1. The molecule has 0 aromatic heterocycles. The Labute approximate surface area is 141 Å². The highest BCUT2D eigenvalue weighted by atomic mass is 32.2. The Morgan fingerprint density at radius 3 is 2.46 bits per heavy atom. The molecule has 1 heterocycles. The van der Waals surface area contributed by atoms with Gasteiger partial charge in [-0.2, -0.15) is 4.31 Å². The van der Waals surface area contributed by atoms with E-state index in [0.717, 1.165) is 4.31 Å². The Bertz CT molecular complexity index is 733. The van der Waals surface area contributed by atoms with Crippen LogP contribution in [0.2, 0.25) is 0 Å². The van der Waals surface area contributed by atoms with Crippen molar-refractivity contribution in [1.82, 2.24) is 4.31 Å². The molecule has 5 nitrogen and oxygen atoms in total. The molecule has 134 valence electrons. The lowest BCUT2D eigenvalue weighted by molar-refractivity contribution is -0.116. The largest absolute Gasteiger partial charge is 0.325 e. The zero-order chi connectivity index (χ0) is 18.2. The van der Waals surface area contributed by atoms with E-state index in [4.69, 9.17) is 0 Å². The average Bonchev–Trinajstić information content (AvgIpc) is 2.64. The molecule has 1 aliphatic rings. The molecule has 0 atom stereocenters. The third-order valence-electron chi connectivity index (χ3n) is 4.33. The summed E-state index contributed by atoms with van der Waals surface area (Å²) in [6.45, 7) is 3.39. The number of carbonyl (C=O) groups is 1. The summed E-state index contributed by atoms with van der Waals surface area (Å²) in [5.41, 5.74) is -0.562. The second kappa shape index (κ2) is 6.40. The fraction of sp³-hybridized carbons (Fsp3) is 0.562. The number of hydrogen-bond acceptors (Lipinski definition) is 3. The van der Waals surface area contributed by atoms with Crippen molar-refractivity contribution in [3.05, 3.63) is 29.8 Å². The Kier molecular flexibility index (Phi) is 5.01. The number of fused-ring (bicyclic) bond motifs is 1. The summed E-state index contributed by atoms with van der Waals surface area (Å²) in [7, 11) is -4.04. The van der Waals surface area contributed by atoms with Crippen molar-refractivity contribution in [1.29, 1.82) is 0 Å². The first-order valence-corrected chi connectivity index (χ1v) is 9.33. The molecule has 1 aromatic carbocycles. The molecular weight excluding hydrogens is 338 g/mol. The van der Waals surface area contributed by atoms with Crippen LogP contribution in [0.5, 0.6) is 0 Å². The topological polar surface area (TPSA) is 66.5 Å². The minimum atomic E-state index is -4.04. The van der Waals surface area contributed by atoms with Gasteiger partial charge in [0.15, 0.2) is 0 Å². The van der Waals surface area contributed by atoms with Crippen molar-refractivity contribution in [2.75, 3.05) is 17.6 Å². The number of halogens is 2. The minimum Gasteiger partial charge on any atom is -0.325 e. The fourth-order valence-electron chi connectivity index (χ4n) is 2.70. The third kappa shape index (κ3) is 3.75. The maximum Gasteiger partial charge on any atom is 0.253 e. The molecule has 1 aromatic rings. The van der Waals surface area contributed by atoms with Crippen molar-refractivity contribution in [3.63, 3.8) is 0 Å². The van der Waals surface area contributed by atoms with Gasteiger partial charge in [-0.3, -0.25) is 4.79 Å². The summed E-state index contributed by atoms with van der Waals surface area (Å²) in [5, 5.41) is 2.64. The zero-order valence-corrected chi connectivity index (χ0v) is 14.8. The zero-order valence-electron chi connectivity index (χ0n) is 14.0. The maximum absolute atomic E-state index is 14.1. The van der Waals surface area contributed by atoms with Gasteiger partial charge in [-0.05, 0) is 11.6 Å². The van der Waals surface area contributed by atoms with Gasteiger partial charge in [-0.25, -0.2) is 17.2 Å². The van der Waals surface area contributed by atoms with E-state index >= 15 is 0 Å². The number of anilines is 1. The standard InChI is InChI=1S/C16H22F2N2O3S/c1-4-16(17,18)15(2,3)11-24(22,23)20-9-12-7-5-6-8-13(12)19-14(21)10-20/h5-8H,4,9-11H2,1-3H3,(H,19,21). The summed E-state index contributed by atoms with van der Waals surface area (Å²) in [5.74, 6) is -4.33. The van der Waals surface area contributed by atoms with E-state index in [-0.39, 0.29) is 13.1 Å². The molecule has 0 bridgehead atoms. The van der Waals surface area contributed by atoms with Crippen molar-refractivity contribution < 1.29 is 22.0 Å². The molecule has 0 saturated carbocycles. The van der Waals surface area contributed by atoms with E-state index in [1.165, 1.54) is 20.8 Å². The quantitative estimate of drug-likeness (QED) is 0.878. The fourth-order valence-corrected chi connectivity index (χ4v) is 4.66. The van der Waals surface area contributed by atoms with E-state index in [9.17, 15) is 22.0 Å². The summed E-state index contributed by atoms with van der Waals surface area (Å²) in [6.07, 6.45) is -0.446. The predicted molar refractivity (Wildman–Crippen MR) is 88.3 cm³/mol. The lowest BCUT2D eigenvalue weighted by Crippen LogP contribution is -2.46. The molecular formula is C16H22F2N2O3S. The SMILES string of the molecule is CCC(F)(F)C(C)(C)CS(=O)(=O)N1CC(=O)Nc2ccccc2C1. The average molecular weight is 360 g/mol. The van der Waals surface area contributed by atoms with Crippen LogP contribution >= 0.6 is 0 Å². The summed E-state index contributed by atoms with van der Waals surface area (Å²) in [4.78, 5) is 12.0. The molecule has 0 fully saturated rings. The van der Waals surface area contributed by atoms with Crippen molar-refractivity contribution >= 4 is 21.6 Å². The van der Waals surface area contributed by atoms with Gasteiger partial charge in [0, 0.05) is 24.1 Å². The number of amides is 1. The van der Waals surface area contributed by atoms with Gasteiger partial charge in [-0.1, -0.05) is 39.0 Å². The van der Waals surface area contributed by atoms with E-state index in [0.29, 0.717) is 11.3 Å². The van der Waals surface area contributed by atoms with Gasteiger partial charge in [0.05, 0.1) is 12.3 Å². The van der Waals surface area contributed by atoms with Gasteiger partial charge in [-0.15, -0.1) is 0 Å². The first-order valence-electron chi connectivity index (χ1n) is 7.72. The Morgan fingerprint density at radius 2 is 1.83 bits per heavy atom. The molecule has 0 unspecified atom stereocenters.